The summed E-state index contributed by atoms with van der Waals surface area (Å²) in [6.07, 6.45) is 6.97. The number of aromatic nitrogens is 7. The first-order chi connectivity index (χ1) is 17.3. The van der Waals surface area contributed by atoms with Gasteiger partial charge in [0.05, 0.1) is 7.11 Å². The van der Waals surface area contributed by atoms with Crippen LogP contribution in [0.25, 0.3) is 33.9 Å². The van der Waals surface area contributed by atoms with Gasteiger partial charge in [-0.25, -0.2) is 4.98 Å². The van der Waals surface area contributed by atoms with E-state index in [9.17, 15) is 0 Å². The lowest BCUT2D eigenvalue weighted by molar-refractivity contribution is 0.414. The first kappa shape index (κ1) is 22.5. The number of pyridine rings is 1. The molecule has 0 amide bonds. The maximum absolute atomic E-state index is 5.51. The molecule has 8 heteroatoms. The summed E-state index contributed by atoms with van der Waals surface area (Å²) < 4.78 is 7.74. The Balaban J connectivity index is 1.43. The van der Waals surface area contributed by atoms with Crippen LogP contribution >= 0.6 is 0 Å². The minimum atomic E-state index is 0.584. The minimum absolute atomic E-state index is 0.584. The van der Waals surface area contributed by atoms with Gasteiger partial charge in [0.1, 0.15) is 23.0 Å². The number of ether oxygens (including phenoxy) is 1. The molecule has 0 aliphatic heterocycles. The second kappa shape index (κ2) is 10.3. The highest BCUT2D eigenvalue weighted by atomic mass is 16.5. The zero-order valence-electron chi connectivity index (χ0n) is 19.8. The van der Waals surface area contributed by atoms with Gasteiger partial charge in [-0.3, -0.25) is 4.98 Å². The summed E-state index contributed by atoms with van der Waals surface area (Å²) in [7, 11) is 1.66. The van der Waals surface area contributed by atoms with E-state index in [0.717, 1.165) is 65.5 Å². The fourth-order valence-electron chi connectivity index (χ4n) is 4.18. The Labute approximate surface area is 204 Å². The molecule has 0 aliphatic rings. The molecule has 0 spiro atoms. The van der Waals surface area contributed by atoms with Crippen LogP contribution in [0.5, 0.6) is 5.75 Å². The molecule has 35 heavy (non-hydrogen) atoms. The van der Waals surface area contributed by atoms with E-state index in [4.69, 9.17) is 9.72 Å². The summed E-state index contributed by atoms with van der Waals surface area (Å²) in [6.45, 7) is 2.93. The van der Waals surface area contributed by atoms with E-state index < -0.39 is 0 Å². The van der Waals surface area contributed by atoms with Crippen molar-refractivity contribution in [2.24, 2.45) is 0 Å². The number of benzene rings is 2. The Morgan fingerprint density at radius 3 is 2.54 bits per heavy atom. The van der Waals surface area contributed by atoms with Crippen LogP contribution in [-0.4, -0.2) is 42.3 Å². The predicted octanol–water partition coefficient (Wildman–Crippen LogP) is 5.19. The predicted molar refractivity (Wildman–Crippen MR) is 135 cm³/mol. The lowest BCUT2D eigenvalue weighted by Gasteiger charge is -2.10. The molecular weight excluding hydrogens is 438 g/mol. The molecule has 3 aromatic heterocycles. The first-order valence-electron chi connectivity index (χ1n) is 11.7. The fraction of sp³-hybridized carbons (Fsp3) is 0.222. The number of H-pyrrole nitrogens is 1. The second-order valence-corrected chi connectivity index (χ2v) is 8.31. The number of hydrogen-bond donors (Lipinski definition) is 1. The zero-order valence-corrected chi connectivity index (χ0v) is 19.8. The number of hydrogen-bond acceptors (Lipinski definition) is 6. The lowest BCUT2D eigenvalue weighted by Crippen LogP contribution is -2.04. The highest BCUT2D eigenvalue weighted by molar-refractivity contribution is 5.80. The van der Waals surface area contributed by atoms with Crippen LogP contribution in [0.1, 0.15) is 31.2 Å². The van der Waals surface area contributed by atoms with Crippen LogP contribution in [0.3, 0.4) is 0 Å². The summed E-state index contributed by atoms with van der Waals surface area (Å²) in [5, 5.41) is 14.5. The standard InChI is InChI=1S/C27H27N7O/c1-3-4-11-25-29-23(26-24(35-2)10-7-16-28-26)18-34(25)17-19-12-14-20(15-13-19)21-8-5-6-9-22(21)27-30-32-33-31-27/h5-10,12-16,18H,3-4,11,17H2,1-2H3,(H,30,31,32,33). The normalized spacial score (nSPS) is 11.0. The number of nitrogens with zero attached hydrogens (tertiary/aromatic N) is 6. The highest BCUT2D eigenvalue weighted by Crippen LogP contribution is 2.30. The van der Waals surface area contributed by atoms with Crippen molar-refractivity contribution in [1.29, 1.82) is 0 Å². The van der Waals surface area contributed by atoms with Crippen LogP contribution in [0.15, 0.2) is 73.1 Å². The first-order valence-corrected chi connectivity index (χ1v) is 11.7. The third-order valence-electron chi connectivity index (χ3n) is 5.98. The van der Waals surface area contributed by atoms with Gasteiger partial charge in [-0.05, 0) is 40.5 Å². The summed E-state index contributed by atoms with van der Waals surface area (Å²) >= 11 is 0. The number of imidazole rings is 1. The van der Waals surface area contributed by atoms with E-state index in [-0.39, 0.29) is 0 Å². The van der Waals surface area contributed by atoms with Crippen molar-refractivity contribution in [3.63, 3.8) is 0 Å². The number of aryl methyl sites for hydroxylation is 1. The Morgan fingerprint density at radius 2 is 1.80 bits per heavy atom. The molecule has 5 rings (SSSR count). The molecule has 2 aromatic carbocycles. The molecule has 0 atom stereocenters. The van der Waals surface area contributed by atoms with Gasteiger partial charge in [0.15, 0.2) is 0 Å². The van der Waals surface area contributed by atoms with Crippen molar-refractivity contribution in [2.45, 2.75) is 32.7 Å². The number of unbranched alkanes of at least 4 members (excludes halogenated alkanes) is 1. The highest BCUT2D eigenvalue weighted by Gasteiger charge is 2.15. The largest absolute Gasteiger partial charge is 0.494 e. The number of methoxy groups -OCH3 is 1. The molecule has 0 saturated carbocycles. The third-order valence-corrected chi connectivity index (χ3v) is 5.98. The Morgan fingerprint density at radius 1 is 0.971 bits per heavy atom. The number of rotatable bonds is 9. The van der Waals surface area contributed by atoms with Crippen LogP contribution in [0, 0.1) is 0 Å². The third kappa shape index (κ3) is 4.82. The Hall–Kier alpha value is -4.33. The number of nitrogens with one attached hydrogen (secondary N) is 1. The van der Waals surface area contributed by atoms with Crippen molar-refractivity contribution in [2.75, 3.05) is 7.11 Å². The molecule has 5 aromatic rings. The van der Waals surface area contributed by atoms with Crippen molar-refractivity contribution in [3.05, 3.63) is 84.4 Å². The maximum Gasteiger partial charge on any atom is 0.205 e. The maximum atomic E-state index is 5.51. The molecule has 0 saturated heterocycles. The topological polar surface area (TPSA) is 94.4 Å². The second-order valence-electron chi connectivity index (χ2n) is 8.31. The smallest absolute Gasteiger partial charge is 0.205 e. The number of tetrazole rings is 1. The molecule has 0 unspecified atom stereocenters. The Kier molecular flexibility index (Phi) is 6.61. The van der Waals surface area contributed by atoms with E-state index >= 15 is 0 Å². The van der Waals surface area contributed by atoms with E-state index in [1.54, 1.807) is 13.3 Å². The summed E-state index contributed by atoms with van der Waals surface area (Å²) in [4.78, 5) is 9.44. The lowest BCUT2D eigenvalue weighted by atomic mass is 9.98. The van der Waals surface area contributed by atoms with Gasteiger partial charge in [0, 0.05) is 30.9 Å². The van der Waals surface area contributed by atoms with Gasteiger partial charge in [-0.15, -0.1) is 10.2 Å². The van der Waals surface area contributed by atoms with Gasteiger partial charge >= 0.3 is 0 Å². The van der Waals surface area contributed by atoms with Gasteiger partial charge < -0.3 is 9.30 Å². The molecule has 8 nitrogen and oxygen atoms in total. The molecule has 0 bridgehead atoms. The molecule has 0 fully saturated rings. The van der Waals surface area contributed by atoms with Crippen molar-refractivity contribution < 1.29 is 4.74 Å². The molecule has 1 N–H and O–H groups in total. The molecule has 0 radical (unpaired) electrons. The van der Waals surface area contributed by atoms with Crippen molar-refractivity contribution in [3.8, 4) is 39.7 Å². The van der Waals surface area contributed by atoms with Crippen LogP contribution in [0.2, 0.25) is 0 Å². The van der Waals surface area contributed by atoms with Gasteiger partial charge in [-0.1, -0.05) is 61.9 Å². The molecule has 3 heterocycles. The zero-order chi connectivity index (χ0) is 24.0. The molecular formula is C27H27N7O. The van der Waals surface area contributed by atoms with E-state index in [2.05, 4.69) is 73.6 Å². The quantitative estimate of drug-likeness (QED) is 0.322. The molecule has 0 aliphatic carbocycles. The van der Waals surface area contributed by atoms with Gasteiger partial charge in [0.25, 0.3) is 0 Å². The van der Waals surface area contributed by atoms with Crippen LogP contribution < -0.4 is 4.74 Å². The van der Waals surface area contributed by atoms with E-state index in [0.29, 0.717) is 5.82 Å². The van der Waals surface area contributed by atoms with Gasteiger partial charge in [0.2, 0.25) is 5.82 Å². The van der Waals surface area contributed by atoms with E-state index in [1.165, 1.54) is 5.56 Å². The fourth-order valence-corrected chi connectivity index (χ4v) is 4.18. The minimum Gasteiger partial charge on any atom is -0.494 e. The average Bonchev–Trinajstić information content (AvgIpc) is 3.58. The van der Waals surface area contributed by atoms with Crippen LogP contribution in [-0.2, 0) is 13.0 Å². The summed E-state index contributed by atoms with van der Waals surface area (Å²) in [5.74, 6) is 2.37. The van der Waals surface area contributed by atoms with Crippen LogP contribution in [0.4, 0.5) is 0 Å². The van der Waals surface area contributed by atoms with Crippen molar-refractivity contribution >= 4 is 0 Å². The molecule has 176 valence electrons. The van der Waals surface area contributed by atoms with Gasteiger partial charge in [-0.2, -0.15) is 5.21 Å². The monoisotopic (exact) mass is 465 g/mol. The van der Waals surface area contributed by atoms with E-state index in [1.807, 2.05) is 30.3 Å². The summed E-state index contributed by atoms with van der Waals surface area (Å²) in [5.41, 5.74) is 5.90. The average molecular weight is 466 g/mol. The number of aromatic amines is 1. The van der Waals surface area contributed by atoms with Crippen molar-refractivity contribution in [1.82, 2.24) is 35.2 Å². The SMILES string of the molecule is CCCCc1nc(-c2ncccc2OC)cn1Cc1ccc(-c2ccccc2-c2nn[nH]n2)cc1. The Bertz CT molecular complexity index is 1390. The summed E-state index contributed by atoms with van der Waals surface area (Å²) in [6, 6.07) is 20.5.